The number of aromatic carboxylic acids is 4. The average molecular weight is 476 g/mol. The van der Waals surface area contributed by atoms with Gasteiger partial charge in [0, 0.05) is 0 Å². The smallest absolute Gasteiger partial charge is 0.337 e. The van der Waals surface area contributed by atoms with Crippen LogP contribution in [0.2, 0.25) is 0 Å². The van der Waals surface area contributed by atoms with Crippen LogP contribution in [0, 0.1) is 0 Å². The molecule has 0 atom stereocenters. The fourth-order valence-electron chi connectivity index (χ4n) is 6.14. The summed E-state index contributed by atoms with van der Waals surface area (Å²) in [5.41, 5.74) is -1.39. The van der Waals surface area contributed by atoms with Crippen molar-refractivity contribution in [1.29, 1.82) is 0 Å². The molecule has 0 radical (unpaired) electrons. The van der Waals surface area contributed by atoms with E-state index in [4.69, 9.17) is 0 Å². The second kappa shape index (κ2) is 6.25. The van der Waals surface area contributed by atoms with Crippen LogP contribution in [-0.2, 0) is 0 Å². The zero-order chi connectivity index (χ0) is 25.2. The maximum Gasteiger partial charge on any atom is 0.337 e. The summed E-state index contributed by atoms with van der Waals surface area (Å²) in [6.07, 6.45) is 0. The molecule has 7 aromatic rings. The van der Waals surface area contributed by atoms with E-state index < -0.39 is 23.9 Å². The summed E-state index contributed by atoms with van der Waals surface area (Å²) in [4.78, 5) is 49.5. The molecule has 0 aliphatic heterocycles. The summed E-state index contributed by atoms with van der Waals surface area (Å²) in [5.74, 6) is -5.57. The summed E-state index contributed by atoms with van der Waals surface area (Å²) in [7, 11) is 0. The second-order valence-corrected chi connectivity index (χ2v) is 8.87. The van der Waals surface area contributed by atoms with Gasteiger partial charge in [0.2, 0.25) is 0 Å². The number of benzene rings is 7. The fraction of sp³-hybridized carbons (Fsp3) is 0. The molecule has 0 fully saturated rings. The minimum atomic E-state index is -1.39. The first-order valence-electron chi connectivity index (χ1n) is 10.9. The Morgan fingerprint density at radius 3 is 0.778 bits per heavy atom. The standard InChI is InChI=1S/C28H12O8/c29-25(30)21-11-5-1-9-2-6-12-18-15(9)17(11)19-13(22(21)26(31)32)7-3-10-4-8-14(20(18)16(10)19)24(28(35)36)23(12)27(33)34/h1-8H,(H,29,30)(H,31,32)(H,33,34)(H,35,36). The van der Waals surface area contributed by atoms with Gasteiger partial charge in [0.15, 0.2) is 0 Å². The van der Waals surface area contributed by atoms with E-state index in [9.17, 15) is 39.6 Å². The van der Waals surface area contributed by atoms with Crippen LogP contribution in [0.3, 0.4) is 0 Å². The van der Waals surface area contributed by atoms with Gasteiger partial charge in [0.25, 0.3) is 0 Å². The highest BCUT2D eigenvalue weighted by Crippen LogP contribution is 2.51. The molecule has 0 amide bonds. The molecule has 0 bridgehead atoms. The molecule has 0 aromatic heterocycles. The molecule has 0 unspecified atom stereocenters. The van der Waals surface area contributed by atoms with Crippen molar-refractivity contribution in [3.63, 3.8) is 0 Å². The van der Waals surface area contributed by atoms with Gasteiger partial charge < -0.3 is 20.4 Å². The van der Waals surface area contributed by atoms with E-state index in [-0.39, 0.29) is 43.8 Å². The van der Waals surface area contributed by atoms with Crippen molar-refractivity contribution in [1.82, 2.24) is 0 Å². The van der Waals surface area contributed by atoms with Crippen molar-refractivity contribution in [2.45, 2.75) is 0 Å². The van der Waals surface area contributed by atoms with Gasteiger partial charge in [-0.25, -0.2) is 19.2 Å². The largest absolute Gasteiger partial charge is 0.478 e. The molecule has 0 heterocycles. The van der Waals surface area contributed by atoms with Crippen LogP contribution in [0.4, 0.5) is 0 Å². The molecule has 0 spiro atoms. The van der Waals surface area contributed by atoms with Crippen LogP contribution < -0.4 is 0 Å². The van der Waals surface area contributed by atoms with Crippen molar-refractivity contribution < 1.29 is 39.6 Å². The topological polar surface area (TPSA) is 149 Å². The molecule has 36 heavy (non-hydrogen) atoms. The van der Waals surface area contributed by atoms with Gasteiger partial charge in [0.05, 0.1) is 22.3 Å². The molecule has 0 saturated carbocycles. The Morgan fingerprint density at radius 1 is 0.361 bits per heavy atom. The molecule has 8 nitrogen and oxygen atoms in total. The first kappa shape index (κ1) is 20.2. The lowest BCUT2D eigenvalue weighted by Crippen LogP contribution is -2.12. The lowest BCUT2D eigenvalue weighted by molar-refractivity contribution is 0.0655. The van der Waals surface area contributed by atoms with Crippen molar-refractivity contribution in [3.05, 3.63) is 70.8 Å². The predicted molar refractivity (Wildman–Crippen MR) is 133 cm³/mol. The number of hydrogen-bond donors (Lipinski definition) is 4. The maximum absolute atomic E-state index is 12.4. The molecular weight excluding hydrogens is 464 g/mol. The summed E-state index contributed by atoms with van der Waals surface area (Å²) in [6, 6.07) is 13.0. The molecule has 0 aliphatic carbocycles. The quantitative estimate of drug-likeness (QED) is 0.186. The molecule has 172 valence electrons. The van der Waals surface area contributed by atoms with E-state index in [0.29, 0.717) is 43.1 Å². The molecule has 4 N–H and O–H groups in total. The number of carboxylic acid groups (broad SMARTS) is 4. The Morgan fingerprint density at radius 2 is 0.583 bits per heavy atom. The lowest BCUT2D eigenvalue weighted by Gasteiger charge is -2.24. The number of rotatable bonds is 4. The Labute approximate surface area is 199 Å². The van der Waals surface area contributed by atoms with Crippen LogP contribution in [0.25, 0.3) is 64.6 Å². The summed E-state index contributed by atoms with van der Waals surface area (Å²) < 4.78 is 0. The second-order valence-electron chi connectivity index (χ2n) is 8.87. The van der Waals surface area contributed by atoms with Crippen LogP contribution in [0.1, 0.15) is 41.4 Å². The lowest BCUT2D eigenvalue weighted by atomic mass is 9.78. The minimum absolute atomic E-state index is 0.224. The number of hydrogen-bond acceptors (Lipinski definition) is 4. The third-order valence-corrected chi connectivity index (χ3v) is 7.31. The Hall–Kier alpha value is -5.24. The first-order valence-corrected chi connectivity index (χ1v) is 10.9. The third kappa shape index (κ3) is 2.10. The molecule has 7 rings (SSSR count). The van der Waals surface area contributed by atoms with E-state index in [2.05, 4.69) is 0 Å². The van der Waals surface area contributed by atoms with Crippen LogP contribution >= 0.6 is 0 Å². The third-order valence-electron chi connectivity index (χ3n) is 7.31. The molecule has 7 aromatic carbocycles. The molecule has 8 heteroatoms. The van der Waals surface area contributed by atoms with Crippen LogP contribution in [-0.4, -0.2) is 44.3 Å². The summed E-state index contributed by atoms with van der Waals surface area (Å²) >= 11 is 0. The minimum Gasteiger partial charge on any atom is -0.478 e. The average Bonchev–Trinajstić information content (AvgIpc) is 2.84. The summed E-state index contributed by atoms with van der Waals surface area (Å²) in [5, 5.41) is 45.8. The highest BCUT2D eigenvalue weighted by Gasteiger charge is 2.32. The van der Waals surface area contributed by atoms with Gasteiger partial charge in [-0.3, -0.25) is 0 Å². The highest BCUT2D eigenvalue weighted by atomic mass is 16.4. The van der Waals surface area contributed by atoms with E-state index in [1.54, 1.807) is 48.5 Å². The van der Waals surface area contributed by atoms with Gasteiger partial charge in [-0.1, -0.05) is 48.5 Å². The van der Waals surface area contributed by atoms with Crippen LogP contribution in [0.15, 0.2) is 48.5 Å². The highest BCUT2D eigenvalue weighted by molar-refractivity contribution is 6.48. The van der Waals surface area contributed by atoms with Crippen molar-refractivity contribution >= 4 is 88.5 Å². The van der Waals surface area contributed by atoms with Gasteiger partial charge >= 0.3 is 23.9 Å². The van der Waals surface area contributed by atoms with Crippen molar-refractivity contribution in [3.8, 4) is 0 Å². The SMILES string of the molecule is O=C(O)c1c(C(=O)O)c2ccc3ccc4c(C(=O)O)c(C(=O)O)c5ccc6ccc1c1c6c5c4c3c21. The maximum atomic E-state index is 12.4. The van der Waals surface area contributed by atoms with Gasteiger partial charge in [-0.2, -0.15) is 0 Å². The van der Waals surface area contributed by atoms with E-state index in [1.807, 2.05) is 0 Å². The zero-order valence-corrected chi connectivity index (χ0v) is 18.0. The number of carboxylic acids is 4. The Bertz CT molecular complexity index is 1850. The van der Waals surface area contributed by atoms with Crippen LogP contribution in [0.5, 0.6) is 0 Å². The van der Waals surface area contributed by atoms with Gasteiger partial charge in [0.1, 0.15) is 0 Å². The van der Waals surface area contributed by atoms with Gasteiger partial charge in [-0.05, 0) is 64.6 Å². The normalized spacial score (nSPS) is 12.2. The zero-order valence-electron chi connectivity index (χ0n) is 18.0. The Balaban J connectivity index is 1.99. The van der Waals surface area contributed by atoms with Gasteiger partial charge in [-0.15, -0.1) is 0 Å². The molecule has 0 aliphatic rings. The fourth-order valence-corrected chi connectivity index (χ4v) is 6.14. The van der Waals surface area contributed by atoms with E-state index >= 15 is 0 Å². The van der Waals surface area contributed by atoms with E-state index in [0.717, 1.165) is 0 Å². The van der Waals surface area contributed by atoms with Crippen molar-refractivity contribution in [2.24, 2.45) is 0 Å². The predicted octanol–water partition coefficient (Wildman–Crippen LogP) is 5.71. The Kier molecular flexibility index (Phi) is 3.50. The van der Waals surface area contributed by atoms with E-state index in [1.165, 1.54) is 0 Å². The van der Waals surface area contributed by atoms with Crippen molar-refractivity contribution in [2.75, 3.05) is 0 Å². The summed E-state index contributed by atoms with van der Waals surface area (Å²) in [6.45, 7) is 0. The number of carbonyl (C=O) groups is 4. The molecular formula is C28H12O8. The first-order chi connectivity index (χ1) is 17.2. The molecule has 0 saturated heterocycles. The monoisotopic (exact) mass is 476 g/mol.